The van der Waals surface area contributed by atoms with Crippen LogP contribution in [0.5, 0.6) is 0 Å². The Labute approximate surface area is 502 Å². The zero-order valence-electron chi connectivity index (χ0n) is 54.0. The van der Waals surface area contributed by atoms with Gasteiger partial charge in [-0.15, -0.1) is 0 Å². The Morgan fingerprint density at radius 1 is 0.432 bits per heavy atom. The van der Waals surface area contributed by atoms with Crippen LogP contribution in [-0.4, -0.2) is 69.4 Å². The number of quaternary nitrogens is 1. The number of carbonyl (C=O) groups excluding carboxylic acids is 2. The molecule has 1 amide bonds. The van der Waals surface area contributed by atoms with Crippen LogP contribution in [0.3, 0.4) is 0 Å². The van der Waals surface area contributed by atoms with E-state index in [-0.39, 0.29) is 24.9 Å². The third-order valence-electron chi connectivity index (χ3n) is 15.1. The zero-order valence-corrected chi connectivity index (χ0v) is 54.9. The molecular weight excluding hydrogens is 1020 g/mol. The van der Waals surface area contributed by atoms with Crippen LogP contribution in [0.1, 0.15) is 316 Å². The number of esters is 1. The molecule has 1 N–H and O–H groups in total. The third kappa shape index (κ3) is 61.8. The highest BCUT2D eigenvalue weighted by atomic mass is 31.2. The van der Waals surface area contributed by atoms with Gasteiger partial charge in [0.15, 0.2) is 0 Å². The number of allylic oxidation sites excluding steroid dienone is 11. The van der Waals surface area contributed by atoms with Crippen molar-refractivity contribution in [1.82, 2.24) is 5.32 Å². The lowest BCUT2D eigenvalue weighted by molar-refractivity contribution is -0.870. The van der Waals surface area contributed by atoms with Gasteiger partial charge in [0, 0.05) is 12.8 Å². The number of hydrogen-bond acceptors (Lipinski definition) is 7. The number of amides is 1. The molecule has 0 saturated heterocycles. The fraction of sp³-hybridized carbons (Fsp3) is 0.803. The van der Waals surface area contributed by atoms with Gasteiger partial charge in [-0.25, -0.2) is 0 Å². The van der Waals surface area contributed by atoms with E-state index < -0.39 is 26.6 Å². The van der Waals surface area contributed by atoms with E-state index in [1.165, 1.54) is 186 Å². The van der Waals surface area contributed by atoms with E-state index in [2.05, 4.69) is 86.8 Å². The number of nitrogens with zero attached hydrogens (tertiary/aromatic N) is 1. The van der Waals surface area contributed by atoms with Crippen LogP contribution < -0.4 is 10.2 Å². The molecule has 0 aliphatic heterocycles. The molecule has 0 fully saturated rings. The molecule has 3 unspecified atom stereocenters. The van der Waals surface area contributed by atoms with Crippen LogP contribution >= 0.6 is 7.82 Å². The minimum atomic E-state index is -4.71. The van der Waals surface area contributed by atoms with Crippen molar-refractivity contribution in [3.8, 4) is 0 Å². The molecule has 0 spiro atoms. The molecule has 3 atom stereocenters. The molecule has 81 heavy (non-hydrogen) atoms. The quantitative estimate of drug-likeness (QED) is 0.0212. The number of unbranched alkanes of at least 4 members (excludes halogenated alkanes) is 36. The van der Waals surface area contributed by atoms with Gasteiger partial charge in [-0.2, -0.15) is 0 Å². The minimum Gasteiger partial charge on any atom is -0.756 e. The van der Waals surface area contributed by atoms with Crippen molar-refractivity contribution in [2.24, 2.45) is 0 Å². The molecular formula is C71H131N2O7P. The summed E-state index contributed by atoms with van der Waals surface area (Å²) in [6, 6.07) is -0.901. The molecule has 0 aromatic heterocycles. The van der Waals surface area contributed by atoms with Crippen molar-refractivity contribution < 1.29 is 37.3 Å². The highest BCUT2D eigenvalue weighted by Gasteiger charge is 2.27. The van der Waals surface area contributed by atoms with E-state index in [9.17, 15) is 19.0 Å². The molecule has 0 aliphatic carbocycles. The smallest absolute Gasteiger partial charge is 0.306 e. The van der Waals surface area contributed by atoms with Crippen molar-refractivity contribution >= 4 is 19.7 Å². The molecule has 0 radical (unpaired) electrons. The summed E-state index contributed by atoms with van der Waals surface area (Å²) in [4.78, 5) is 40.1. The first-order valence-corrected chi connectivity index (χ1v) is 35.7. The van der Waals surface area contributed by atoms with Gasteiger partial charge in [0.2, 0.25) is 5.91 Å². The first-order chi connectivity index (χ1) is 39.4. The van der Waals surface area contributed by atoms with Gasteiger partial charge in [-0.05, 0) is 102 Å². The van der Waals surface area contributed by atoms with E-state index in [0.717, 1.165) is 89.9 Å². The van der Waals surface area contributed by atoms with Crippen molar-refractivity contribution in [1.29, 1.82) is 0 Å². The maximum absolute atomic E-state index is 13.6. The van der Waals surface area contributed by atoms with E-state index in [4.69, 9.17) is 13.8 Å². The van der Waals surface area contributed by atoms with Gasteiger partial charge in [-0.1, -0.05) is 274 Å². The molecule has 0 aromatic rings. The van der Waals surface area contributed by atoms with E-state index in [1.54, 1.807) is 0 Å². The van der Waals surface area contributed by atoms with Crippen LogP contribution in [0.4, 0.5) is 0 Å². The molecule has 10 heteroatoms. The molecule has 9 nitrogen and oxygen atoms in total. The van der Waals surface area contributed by atoms with Crippen molar-refractivity contribution in [2.75, 3.05) is 40.9 Å². The van der Waals surface area contributed by atoms with E-state index in [1.807, 2.05) is 33.3 Å². The van der Waals surface area contributed by atoms with Gasteiger partial charge in [0.05, 0.1) is 33.8 Å². The zero-order chi connectivity index (χ0) is 59.3. The predicted molar refractivity (Wildman–Crippen MR) is 348 cm³/mol. The summed E-state index contributed by atoms with van der Waals surface area (Å²) in [6.45, 7) is 6.82. The van der Waals surface area contributed by atoms with Gasteiger partial charge >= 0.3 is 5.97 Å². The summed E-state index contributed by atoms with van der Waals surface area (Å²) < 4.78 is 30.4. The van der Waals surface area contributed by atoms with Crippen LogP contribution in [0.25, 0.3) is 0 Å². The summed E-state index contributed by atoms with van der Waals surface area (Å²) in [5.74, 6) is -0.556. The second-order valence-electron chi connectivity index (χ2n) is 24.3. The lowest BCUT2D eigenvalue weighted by Gasteiger charge is -2.30. The summed E-state index contributed by atoms with van der Waals surface area (Å²) >= 11 is 0. The SMILES string of the molecule is CCCCC/C=C\C/C=C\C/C=C\C/C=C\CCCCCCCC(=O)NC(COP(=O)([O-])OCC[N+](C)(C)C)C(/C=C/CCCCCCCCCCC)OC(=O)CCCCCCCCCCCCCCC/C=C/CCCCCCCC. The Kier molecular flexibility index (Phi) is 58.7. The summed E-state index contributed by atoms with van der Waals surface area (Å²) in [5.41, 5.74) is 0. The average Bonchev–Trinajstić information content (AvgIpc) is 3.44. The molecule has 0 heterocycles. The second-order valence-corrected chi connectivity index (χ2v) is 25.7. The standard InChI is InChI=1S/C71H131N2O7P/c1-7-10-13-16-19-22-25-27-29-31-33-35-36-38-40-42-44-46-49-52-55-58-61-64-71(75)80-69(62-59-56-53-50-47-24-21-18-15-12-9-3)68(67-79-81(76,77)78-66-65-73(4,5)6)72-70(74)63-60-57-54-51-48-45-43-41-39-37-34-32-30-28-26-23-20-17-14-11-8-2/h20,23,27-30,34,37,41,43,59,62,68-69H,7-19,21-22,24-26,31-33,35-36,38-40,42,44-58,60-61,63-67H2,1-6H3,(H-,72,74,76,77)/b23-20-,29-27+,30-28-,37-34-,43-41-,62-59+. The van der Waals surface area contributed by atoms with Gasteiger partial charge in [0.25, 0.3) is 7.82 Å². The number of likely N-dealkylation sites (N-methyl/N-ethyl adjacent to an activating group) is 1. The topological polar surface area (TPSA) is 114 Å². The maximum atomic E-state index is 13.6. The van der Waals surface area contributed by atoms with Crippen LogP contribution in [0.15, 0.2) is 72.9 Å². The highest BCUT2D eigenvalue weighted by Crippen LogP contribution is 2.38. The Bertz CT molecular complexity index is 1620. The molecule has 0 aliphatic rings. The van der Waals surface area contributed by atoms with Gasteiger partial charge in [0.1, 0.15) is 19.3 Å². The normalized spacial score (nSPS) is 14.0. The summed E-state index contributed by atoms with van der Waals surface area (Å²) in [5, 5.41) is 3.03. The Morgan fingerprint density at radius 2 is 0.753 bits per heavy atom. The number of ether oxygens (including phenoxy) is 1. The van der Waals surface area contributed by atoms with Crippen molar-refractivity contribution in [3.63, 3.8) is 0 Å². The summed E-state index contributed by atoms with van der Waals surface area (Å²) in [7, 11) is 1.17. The average molecular weight is 1160 g/mol. The summed E-state index contributed by atoms with van der Waals surface area (Å²) in [6.07, 6.45) is 78.8. The number of nitrogens with one attached hydrogen (secondary N) is 1. The Morgan fingerprint density at radius 3 is 1.16 bits per heavy atom. The molecule has 472 valence electrons. The van der Waals surface area contributed by atoms with Crippen LogP contribution in [-0.2, 0) is 27.9 Å². The predicted octanol–water partition coefficient (Wildman–Crippen LogP) is 20.9. The Balaban J connectivity index is 5.11. The number of hydrogen-bond donors (Lipinski definition) is 1. The lowest BCUT2D eigenvalue weighted by Crippen LogP contribution is -2.47. The number of rotatable bonds is 62. The fourth-order valence-electron chi connectivity index (χ4n) is 9.80. The maximum Gasteiger partial charge on any atom is 0.306 e. The largest absolute Gasteiger partial charge is 0.756 e. The number of carbonyl (C=O) groups is 2. The first-order valence-electron chi connectivity index (χ1n) is 34.2. The fourth-order valence-corrected chi connectivity index (χ4v) is 10.5. The number of phosphoric ester groups is 1. The third-order valence-corrected chi connectivity index (χ3v) is 16.1. The van der Waals surface area contributed by atoms with Gasteiger partial charge < -0.3 is 28.5 Å². The van der Waals surface area contributed by atoms with Crippen LogP contribution in [0.2, 0.25) is 0 Å². The molecule has 0 saturated carbocycles. The molecule has 0 rings (SSSR count). The van der Waals surface area contributed by atoms with Crippen molar-refractivity contribution in [2.45, 2.75) is 328 Å². The highest BCUT2D eigenvalue weighted by molar-refractivity contribution is 7.45. The molecule has 0 bridgehead atoms. The monoisotopic (exact) mass is 1150 g/mol. The Hall–Kier alpha value is -2.55. The second kappa shape index (κ2) is 60.6. The first kappa shape index (κ1) is 78.5. The van der Waals surface area contributed by atoms with E-state index >= 15 is 0 Å². The lowest BCUT2D eigenvalue weighted by atomic mass is 10.0. The minimum absolute atomic E-state index is 0.0278. The molecule has 0 aromatic carbocycles. The van der Waals surface area contributed by atoms with Crippen molar-refractivity contribution in [3.05, 3.63) is 72.9 Å². The van der Waals surface area contributed by atoms with Gasteiger partial charge in [-0.3, -0.25) is 14.2 Å². The number of phosphoric acid groups is 1. The van der Waals surface area contributed by atoms with E-state index in [0.29, 0.717) is 23.9 Å². The van der Waals surface area contributed by atoms with Crippen LogP contribution in [0, 0.1) is 0 Å².